The molecule has 1 amide bonds. The predicted molar refractivity (Wildman–Crippen MR) is 97.4 cm³/mol. The Hall–Kier alpha value is -2.67. The van der Waals surface area contributed by atoms with E-state index in [0.717, 1.165) is 12.1 Å². The van der Waals surface area contributed by atoms with Gasteiger partial charge in [-0.3, -0.25) is 14.5 Å². The lowest BCUT2D eigenvalue weighted by molar-refractivity contribution is -0.137. The summed E-state index contributed by atoms with van der Waals surface area (Å²) in [7, 11) is 1.72. The minimum absolute atomic E-state index is 0.0579. The maximum absolute atomic E-state index is 12.6. The number of benzene rings is 2. The third-order valence-corrected chi connectivity index (χ3v) is 4.31. The minimum Gasteiger partial charge on any atom is -0.325 e. The Morgan fingerprint density at radius 1 is 1.04 bits per heavy atom. The summed E-state index contributed by atoms with van der Waals surface area (Å²) >= 11 is 0. The predicted octanol–water partition coefficient (Wildman–Crippen LogP) is 4.37. The maximum Gasteiger partial charge on any atom is 0.416 e. The highest BCUT2D eigenvalue weighted by atomic mass is 19.4. The Morgan fingerprint density at radius 3 is 2.07 bits per heavy atom. The summed E-state index contributed by atoms with van der Waals surface area (Å²) in [6, 6.07) is 10.9. The molecule has 144 valence electrons. The molecule has 0 aliphatic rings. The number of hydrogen-bond acceptors (Lipinski definition) is 3. The van der Waals surface area contributed by atoms with Crippen molar-refractivity contribution >= 4 is 17.4 Å². The van der Waals surface area contributed by atoms with Gasteiger partial charge < -0.3 is 5.32 Å². The number of likely N-dealkylation sites (N-methyl/N-ethyl adjacent to an activating group) is 1. The highest BCUT2D eigenvalue weighted by Gasteiger charge is 2.30. The Bertz CT molecular complexity index is 799. The average Bonchev–Trinajstić information content (AvgIpc) is 2.61. The van der Waals surface area contributed by atoms with Crippen molar-refractivity contribution in [2.24, 2.45) is 0 Å². The van der Waals surface area contributed by atoms with Crippen LogP contribution in [0.25, 0.3) is 0 Å². The molecule has 27 heavy (non-hydrogen) atoms. The molecule has 7 heteroatoms. The quantitative estimate of drug-likeness (QED) is 0.760. The lowest BCUT2D eigenvalue weighted by Crippen LogP contribution is -2.39. The molecule has 1 N–H and O–H groups in total. The molecule has 0 saturated heterocycles. The average molecular weight is 378 g/mol. The molecule has 0 radical (unpaired) electrons. The van der Waals surface area contributed by atoms with E-state index < -0.39 is 17.8 Å². The molecule has 4 nitrogen and oxygen atoms in total. The Morgan fingerprint density at radius 2 is 1.59 bits per heavy atom. The number of carbonyl (C=O) groups excluding carboxylic acids is 2. The second-order valence-corrected chi connectivity index (χ2v) is 6.41. The van der Waals surface area contributed by atoms with Gasteiger partial charge in [0.05, 0.1) is 11.6 Å². The molecule has 0 aliphatic carbocycles. The lowest BCUT2D eigenvalue weighted by atomic mass is 10.1. The number of nitrogens with zero attached hydrogens (tertiary/aromatic N) is 1. The molecule has 0 saturated carbocycles. The van der Waals surface area contributed by atoms with Gasteiger partial charge in [0.1, 0.15) is 0 Å². The van der Waals surface area contributed by atoms with Gasteiger partial charge in [-0.05, 0) is 62.9 Å². The van der Waals surface area contributed by atoms with Gasteiger partial charge in [-0.25, -0.2) is 0 Å². The normalized spacial score (nSPS) is 12.7. The van der Waals surface area contributed by atoms with E-state index in [0.29, 0.717) is 23.4 Å². The highest BCUT2D eigenvalue weighted by Crippen LogP contribution is 2.29. The number of alkyl halides is 3. The second kappa shape index (κ2) is 8.35. The minimum atomic E-state index is -4.37. The van der Waals surface area contributed by atoms with Gasteiger partial charge >= 0.3 is 6.18 Å². The van der Waals surface area contributed by atoms with Crippen LogP contribution in [-0.2, 0) is 17.5 Å². The van der Waals surface area contributed by atoms with Crippen LogP contribution in [0.15, 0.2) is 48.5 Å². The summed E-state index contributed by atoms with van der Waals surface area (Å²) in [5.74, 6) is -0.308. The van der Waals surface area contributed by atoms with E-state index in [4.69, 9.17) is 0 Å². The van der Waals surface area contributed by atoms with E-state index in [1.54, 1.807) is 43.1 Å². The lowest BCUT2D eigenvalue weighted by Gasteiger charge is -2.24. The number of anilines is 1. The highest BCUT2D eigenvalue weighted by molar-refractivity contribution is 5.96. The van der Waals surface area contributed by atoms with Crippen LogP contribution in [-0.4, -0.2) is 29.7 Å². The van der Waals surface area contributed by atoms with Gasteiger partial charge in [0.2, 0.25) is 5.91 Å². The number of ketones is 1. The molecule has 2 rings (SSSR count). The van der Waals surface area contributed by atoms with Gasteiger partial charge in [-0.1, -0.05) is 12.1 Å². The van der Waals surface area contributed by atoms with Crippen LogP contribution in [0, 0.1) is 0 Å². The topological polar surface area (TPSA) is 49.4 Å². The van der Waals surface area contributed by atoms with Crippen molar-refractivity contribution in [3.05, 3.63) is 65.2 Å². The van der Waals surface area contributed by atoms with E-state index in [1.165, 1.54) is 19.1 Å². The number of Topliss-reactive ketones (excluding diaryl/α,β-unsaturated/α-hetero) is 1. The molecule has 2 aromatic rings. The van der Waals surface area contributed by atoms with Crippen LogP contribution in [0.3, 0.4) is 0 Å². The molecule has 0 aliphatic heterocycles. The first-order valence-corrected chi connectivity index (χ1v) is 8.36. The van der Waals surface area contributed by atoms with E-state index in [1.807, 2.05) is 0 Å². The van der Waals surface area contributed by atoms with Gasteiger partial charge in [0, 0.05) is 17.8 Å². The zero-order valence-electron chi connectivity index (χ0n) is 15.3. The molecule has 0 bridgehead atoms. The fourth-order valence-corrected chi connectivity index (χ4v) is 2.46. The van der Waals surface area contributed by atoms with E-state index in [9.17, 15) is 22.8 Å². The number of carbonyl (C=O) groups is 2. The van der Waals surface area contributed by atoms with Crippen molar-refractivity contribution in [1.29, 1.82) is 0 Å². The molecule has 1 atom stereocenters. The van der Waals surface area contributed by atoms with Gasteiger partial charge in [-0.15, -0.1) is 0 Å². The number of nitrogens with one attached hydrogen (secondary N) is 1. The van der Waals surface area contributed by atoms with Crippen LogP contribution in [0.5, 0.6) is 0 Å². The molecule has 0 spiro atoms. The van der Waals surface area contributed by atoms with Gasteiger partial charge in [0.25, 0.3) is 0 Å². The van der Waals surface area contributed by atoms with Gasteiger partial charge in [-0.2, -0.15) is 13.2 Å². The number of amides is 1. The van der Waals surface area contributed by atoms with Crippen LogP contribution < -0.4 is 5.32 Å². The summed E-state index contributed by atoms with van der Waals surface area (Å²) in [5.41, 5.74) is 1.10. The van der Waals surface area contributed by atoms with Gasteiger partial charge in [0.15, 0.2) is 5.78 Å². The number of rotatable bonds is 6. The molecule has 0 fully saturated rings. The molecular formula is C20H21F3N2O2. The first-order chi connectivity index (χ1) is 12.6. The molecule has 0 heterocycles. The SMILES string of the molecule is CC(=O)c1ccc(NC(=O)[C@H](C)N(C)Cc2ccc(C(F)(F)F)cc2)cc1. The van der Waals surface area contributed by atoms with Crippen molar-refractivity contribution in [3.63, 3.8) is 0 Å². The third kappa shape index (κ3) is 5.65. The summed E-state index contributed by atoms with van der Waals surface area (Å²) < 4.78 is 37.8. The summed E-state index contributed by atoms with van der Waals surface area (Å²) in [6.45, 7) is 3.51. The summed E-state index contributed by atoms with van der Waals surface area (Å²) in [5, 5.41) is 2.76. The Balaban J connectivity index is 1.96. The monoisotopic (exact) mass is 378 g/mol. The smallest absolute Gasteiger partial charge is 0.325 e. The summed E-state index contributed by atoms with van der Waals surface area (Å²) in [4.78, 5) is 25.4. The van der Waals surface area contributed by atoms with Crippen molar-refractivity contribution < 1.29 is 22.8 Å². The first-order valence-electron chi connectivity index (χ1n) is 8.36. The Labute approximate surface area is 156 Å². The van der Waals surface area contributed by atoms with Crippen molar-refractivity contribution in [2.45, 2.75) is 32.6 Å². The molecule has 2 aromatic carbocycles. The van der Waals surface area contributed by atoms with Crippen molar-refractivity contribution in [3.8, 4) is 0 Å². The first kappa shape index (κ1) is 20.6. The van der Waals surface area contributed by atoms with E-state index >= 15 is 0 Å². The largest absolute Gasteiger partial charge is 0.416 e. The number of hydrogen-bond donors (Lipinski definition) is 1. The van der Waals surface area contributed by atoms with Crippen LogP contribution in [0.4, 0.5) is 18.9 Å². The van der Waals surface area contributed by atoms with E-state index in [-0.39, 0.29) is 11.7 Å². The second-order valence-electron chi connectivity index (χ2n) is 6.41. The molecule has 0 unspecified atom stereocenters. The maximum atomic E-state index is 12.6. The van der Waals surface area contributed by atoms with Crippen molar-refractivity contribution in [2.75, 3.05) is 12.4 Å². The van der Waals surface area contributed by atoms with E-state index in [2.05, 4.69) is 5.32 Å². The zero-order chi connectivity index (χ0) is 20.2. The Kier molecular flexibility index (Phi) is 6.38. The van der Waals surface area contributed by atoms with Crippen LogP contribution in [0.2, 0.25) is 0 Å². The third-order valence-electron chi connectivity index (χ3n) is 4.31. The van der Waals surface area contributed by atoms with Crippen LogP contribution in [0.1, 0.15) is 35.3 Å². The fourth-order valence-electron chi connectivity index (χ4n) is 2.46. The molecular weight excluding hydrogens is 357 g/mol. The summed E-state index contributed by atoms with van der Waals surface area (Å²) in [6.07, 6.45) is -4.37. The standard InChI is InChI=1S/C20H21F3N2O2/c1-13(19(27)24-18-10-6-16(7-11-18)14(2)26)25(3)12-15-4-8-17(9-5-15)20(21,22)23/h4-11,13H,12H2,1-3H3,(H,24,27)/t13-/m0/s1. The number of halogens is 3. The van der Waals surface area contributed by atoms with Crippen molar-refractivity contribution in [1.82, 2.24) is 4.90 Å². The fraction of sp³-hybridized carbons (Fsp3) is 0.300. The molecule has 0 aromatic heterocycles. The van der Waals surface area contributed by atoms with Crippen LogP contribution >= 0.6 is 0 Å². The zero-order valence-corrected chi connectivity index (χ0v) is 15.3.